The maximum Gasteiger partial charge on any atom is 0.309 e. The van der Waals surface area contributed by atoms with Crippen LogP contribution in [0.25, 0.3) is 0 Å². The van der Waals surface area contributed by atoms with E-state index in [1.54, 1.807) is 17.4 Å². The lowest BCUT2D eigenvalue weighted by atomic mass is 10.0. The molecule has 1 aliphatic rings. The van der Waals surface area contributed by atoms with Gasteiger partial charge in [-0.2, -0.15) is 0 Å². The number of hydrogen-bond acceptors (Lipinski definition) is 6. The summed E-state index contributed by atoms with van der Waals surface area (Å²) in [4.78, 5) is 32.7. The van der Waals surface area contributed by atoms with E-state index in [0.29, 0.717) is 31.9 Å². The summed E-state index contributed by atoms with van der Waals surface area (Å²) in [5.41, 5.74) is 0.623. The van der Waals surface area contributed by atoms with Crippen LogP contribution in [-0.4, -0.2) is 80.0 Å². The smallest absolute Gasteiger partial charge is 0.309 e. The molecule has 1 aromatic heterocycles. The first-order valence-electron chi connectivity index (χ1n) is 12.0. The number of amides is 2. The van der Waals surface area contributed by atoms with E-state index in [0.717, 1.165) is 31.1 Å². The molecule has 34 heavy (non-hydrogen) atoms. The van der Waals surface area contributed by atoms with Gasteiger partial charge in [-0.05, 0) is 43.6 Å². The molecule has 2 N–H and O–H groups in total. The van der Waals surface area contributed by atoms with Crippen LogP contribution < -0.4 is 15.5 Å². The summed E-state index contributed by atoms with van der Waals surface area (Å²) in [7, 11) is 0. The molecule has 0 unspecified atom stereocenters. The highest BCUT2D eigenvalue weighted by Crippen LogP contribution is 2.30. The number of carbonyl (C=O) groups is 2. The summed E-state index contributed by atoms with van der Waals surface area (Å²) in [5.74, 6) is -1.43. The number of nitrogens with zero attached hydrogens (tertiary/aromatic N) is 3. The van der Waals surface area contributed by atoms with E-state index in [1.807, 2.05) is 30.5 Å². The minimum absolute atomic E-state index is 0.0600. The number of nitrogens with one attached hydrogen (secondary N) is 2. The predicted octanol–water partition coefficient (Wildman–Crippen LogP) is 2.71. The van der Waals surface area contributed by atoms with Crippen molar-refractivity contribution in [2.24, 2.45) is 0 Å². The molecule has 1 aromatic carbocycles. The standard InChI is InChI=1S/C25H36FN5O2S/c1-4-29(5-2)13-12-27-24(32)25(33)28-19(3)23(22-11-8-18-34-22)31-16-14-30(15-17-31)21-10-7-6-9-20(21)26/h6-11,18-19,23H,4-5,12-17H2,1-3H3,(H,27,32)(H,28,33)/t19-,23+/m0/s1. The molecule has 2 atom stereocenters. The Kier molecular flexibility index (Phi) is 9.86. The second-order valence-corrected chi connectivity index (χ2v) is 9.46. The van der Waals surface area contributed by atoms with Crippen LogP contribution in [0.3, 0.4) is 0 Å². The van der Waals surface area contributed by atoms with Gasteiger partial charge < -0.3 is 20.4 Å². The van der Waals surface area contributed by atoms with Crippen LogP contribution in [0.5, 0.6) is 0 Å². The molecule has 2 heterocycles. The summed E-state index contributed by atoms with van der Waals surface area (Å²) in [6, 6.07) is 10.6. The van der Waals surface area contributed by atoms with Gasteiger partial charge in [0.25, 0.3) is 0 Å². The maximum atomic E-state index is 14.2. The largest absolute Gasteiger partial charge is 0.367 e. The van der Waals surface area contributed by atoms with Crippen molar-refractivity contribution in [2.45, 2.75) is 32.9 Å². The minimum atomic E-state index is -0.612. The maximum absolute atomic E-state index is 14.2. The normalized spacial score (nSPS) is 16.3. The minimum Gasteiger partial charge on any atom is -0.367 e. The number of para-hydroxylation sites is 1. The van der Waals surface area contributed by atoms with Gasteiger partial charge in [0.15, 0.2) is 0 Å². The van der Waals surface area contributed by atoms with Gasteiger partial charge >= 0.3 is 11.8 Å². The van der Waals surface area contributed by atoms with Crippen LogP contribution in [0.15, 0.2) is 41.8 Å². The molecule has 3 rings (SSSR count). The third-order valence-corrected chi connectivity index (χ3v) is 7.33. The van der Waals surface area contributed by atoms with Crippen molar-refractivity contribution >= 4 is 28.8 Å². The van der Waals surface area contributed by atoms with Gasteiger partial charge in [0.2, 0.25) is 0 Å². The van der Waals surface area contributed by atoms with Crippen molar-refractivity contribution in [3.63, 3.8) is 0 Å². The highest BCUT2D eigenvalue weighted by atomic mass is 32.1. The molecule has 0 radical (unpaired) electrons. The Balaban J connectivity index is 1.59. The van der Waals surface area contributed by atoms with Crippen molar-refractivity contribution in [1.29, 1.82) is 0 Å². The number of rotatable bonds is 10. The van der Waals surface area contributed by atoms with Gasteiger partial charge in [-0.3, -0.25) is 14.5 Å². The van der Waals surface area contributed by atoms with Gasteiger partial charge in [0.1, 0.15) is 5.82 Å². The molecule has 0 saturated carbocycles. The van der Waals surface area contributed by atoms with Gasteiger partial charge in [0.05, 0.1) is 11.7 Å². The zero-order chi connectivity index (χ0) is 24.5. The van der Waals surface area contributed by atoms with Crippen LogP contribution >= 0.6 is 11.3 Å². The summed E-state index contributed by atoms with van der Waals surface area (Å²) < 4.78 is 14.2. The third-order valence-electron chi connectivity index (χ3n) is 6.38. The molecule has 0 bridgehead atoms. The molecule has 1 saturated heterocycles. The van der Waals surface area contributed by atoms with Crippen LogP contribution in [0.1, 0.15) is 31.7 Å². The zero-order valence-corrected chi connectivity index (χ0v) is 21.1. The second kappa shape index (κ2) is 12.8. The van der Waals surface area contributed by atoms with Crippen molar-refractivity contribution in [2.75, 3.05) is 57.3 Å². The van der Waals surface area contributed by atoms with Crippen molar-refractivity contribution < 1.29 is 14.0 Å². The number of anilines is 1. The summed E-state index contributed by atoms with van der Waals surface area (Å²) >= 11 is 1.64. The number of carbonyl (C=O) groups excluding carboxylic acids is 2. The molecule has 1 aliphatic heterocycles. The second-order valence-electron chi connectivity index (χ2n) is 8.48. The molecule has 0 aliphatic carbocycles. The lowest BCUT2D eigenvalue weighted by Gasteiger charge is -2.42. The van der Waals surface area contributed by atoms with E-state index >= 15 is 0 Å². The highest BCUT2D eigenvalue weighted by Gasteiger charge is 2.32. The Morgan fingerprint density at radius 1 is 1.06 bits per heavy atom. The first-order valence-corrected chi connectivity index (χ1v) is 12.9. The number of hydrogen-bond donors (Lipinski definition) is 2. The first kappa shape index (κ1) is 26.1. The fraction of sp³-hybridized carbons (Fsp3) is 0.520. The fourth-order valence-electron chi connectivity index (χ4n) is 4.45. The van der Waals surface area contributed by atoms with Crippen LogP contribution in [0, 0.1) is 5.82 Å². The molecule has 2 amide bonds. The first-order chi connectivity index (χ1) is 16.4. The van der Waals surface area contributed by atoms with Crippen molar-refractivity contribution in [3.8, 4) is 0 Å². The highest BCUT2D eigenvalue weighted by molar-refractivity contribution is 7.10. The van der Waals surface area contributed by atoms with Gasteiger partial charge in [-0.15, -0.1) is 11.3 Å². The van der Waals surface area contributed by atoms with Crippen LogP contribution in [0.2, 0.25) is 0 Å². The summed E-state index contributed by atoms with van der Waals surface area (Å²) in [6.07, 6.45) is 0. The van der Waals surface area contributed by atoms with Gasteiger partial charge in [0, 0.05) is 50.2 Å². The fourth-order valence-corrected chi connectivity index (χ4v) is 5.41. The number of thiophene rings is 1. The number of piperazine rings is 1. The number of likely N-dealkylation sites (N-methyl/N-ethyl adjacent to an activating group) is 1. The Bertz CT molecular complexity index is 914. The molecule has 1 fully saturated rings. The van der Waals surface area contributed by atoms with Crippen molar-refractivity contribution in [1.82, 2.24) is 20.4 Å². The molecule has 0 spiro atoms. The Hall–Kier alpha value is -2.49. The monoisotopic (exact) mass is 489 g/mol. The third kappa shape index (κ3) is 6.77. The summed E-state index contributed by atoms with van der Waals surface area (Å²) in [6.45, 7) is 11.9. The van der Waals surface area contributed by atoms with Crippen LogP contribution in [0.4, 0.5) is 10.1 Å². The molecule has 186 valence electrons. The van der Waals surface area contributed by atoms with E-state index in [2.05, 4.69) is 45.2 Å². The molecule has 7 nitrogen and oxygen atoms in total. The molecular formula is C25H36FN5O2S. The molecular weight excluding hydrogens is 453 g/mol. The predicted molar refractivity (Wildman–Crippen MR) is 136 cm³/mol. The lowest BCUT2D eigenvalue weighted by molar-refractivity contribution is -0.139. The quantitative estimate of drug-likeness (QED) is 0.503. The Morgan fingerprint density at radius 2 is 1.76 bits per heavy atom. The number of benzene rings is 1. The van der Waals surface area contributed by atoms with E-state index < -0.39 is 11.8 Å². The van der Waals surface area contributed by atoms with E-state index in [-0.39, 0.29) is 17.9 Å². The van der Waals surface area contributed by atoms with Gasteiger partial charge in [-0.1, -0.05) is 32.0 Å². The summed E-state index contributed by atoms with van der Waals surface area (Å²) in [5, 5.41) is 7.65. The van der Waals surface area contributed by atoms with Crippen LogP contribution in [-0.2, 0) is 9.59 Å². The van der Waals surface area contributed by atoms with E-state index in [4.69, 9.17) is 0 Å². The number of halogens is 1. The average Bonchev–Trinajstić information content (AvgIpc) is 3.37. The van der Waals surface area contributed by atoms with Gasteiger partial charge in [-0.25, -0.2) is 4.39 Å². The lowest BCUT2D eigenvalue weighted by Crippen LogP contribution is -2.54. The Labute approximate surface area is 205 Å². The van der Waals surface area contributed by atoms with Crippen molar-refractivity contribution in [3.05, 3.63) is 52.5 Å². The molecule has 9 heteroatoms. The topological polar surface area (TPSA) is 67.9 Å². The average molecular weight is 490 g/mol. The SMILES string of the molecule is CCN(CC)CCNC(=O)C(=O)N[C@@H](C)[C@H](c1cccs1)N1CCN(c2ccccc2F)CC1. The van der Waals surface area contributed by atoms with E-state index in [1.165, 1.54) is 6.07 Å². The Morgan fingerprint density at radius 3 is 2.38 bits per heavy atom. The zero-order valence-electron chi connectivity index (χ0n) is 20.3. The van der Waals surface area contributed by atoms with E-state index in [9.17, 15) is 14.0 Å². The molecule has 2 aromatic rings.